The second-order valence-electron chi connectivity index (χ2n) is 5.70. The van der Waals surface area contributed by atoms with Gasteiger partial charge in [-0.2, -0.15) is 17.5 Å². The molecule has 1 aromatic rings. The minimum absolute atomic E-state index is 0.123. The van der Waals surface area contributed by atoms with Gasteiger partial charge < -0.3 is 4.74 Å². The number of piperidine rings is 1. The van der Waals surface area contributed by atoms with E-state index in [2.05, 4.69) is 5.32 Å². The van der Waals surface area contributed by atoms with E-state index in [1.165, 1.54) is 4.31 Å². The maximum absolute atomic E-state index is 12.6. The van der Waals surface area contributed by atoms with E-state index in [1.807, 2.05) is 0 Å². The lowest BCUT2D eigenvalue weighted by atomic mass is 10.0. The predicted octanol–water partition coefficient (Wildman–Crippen LogP) is 1.81. The number of benzene rings is 1. The van der Waals surface area contributed by atoms with Crippen LogP contribution in [0.25, 0.3) is 0 Å². The molecule has 1 aromatic carbocycles. The third-order valence-corrected chi connectivity index (χ3v) is 6.19. The Morgan fingerprint density at radius 1 is 1.13 bits per heavy atom. The van der Waals surface area contributed by atoms with Gasteiger partial charge in [-0.1, -0.05) is 0 Å². The average molecular weight is 350 g/mol. The summed E-state index contributed by atoms with van der Waals surface area (Å²) in [4.78, 5) is -0.123. The Bertz CT molecular complexity index is 658. The molecule has 128 valence electrons. The van der Waals surface area contributed by atoms with Gasteiger partial charge in [-0.25, -0.2) is 8.42 Å². The van der Waals surface area contributed by atoms with Crippen LogP contribution in [0, 0.1) is 0 Å². The number of alkyl halides is 3. The van der Waals surface area contributed by atoms with Crippen molar-refractivity contribution >= 4 is 10.0 Å². The average Bonchev–Trinajstić information content (AvgIpc) is 2.95. The first-order valence-corrected chi connectivity index (χ1v) is 8.73. The second kappa shape index (κ2) is 5.73. The summed E-state index contributed by atoms with van der Waals surface area (Å²) >= 11 is 0. The molecule has 0 saturated carbocycles. The van der Waals surface area contributed by atoms with Gasteiger partial charge in [-0.05, 0) is 24.3 Å². The molecule has 1 spiro atoms. The van der Waals surface area contributed by atoms with Crippen LogP contribution >= 0.6 is 0 Å². The zero-order chi connectivity index (χ0) is 16.7. The zero-order valence-corrected chi connectivity index (χ0v) is 13.1. The first-order valence-electron chi connectivity index (χ1n) is 7.29. The molecule has 3 rings (SSSR count). The van der Waals surface area contributed by atoms with Crippen molar-refractivity contribution in [1.82, 2.24) is 9.62 Å². The van der Waals surface area contributed by atoms with Crippen molar-refractivity contribution in [2.45, 2.75) is 29.6 Å². The number of ether oxygens (including phenoxy) is 1. The van der Waals surface area contributed by atoms with Crippen LogP contribution in [0.5, 0.6) is 0 Å². The molecular weight excluding hydrogens is 333 g/mol. The Morgan fingerprint density at radius 2 is 1.74 bits per heavy atom. The zero-order valence-electron chi connectivity index (χ0n) is 12.3. The molecule has 1 N–H and O–H groups in total. The minimum atomic E-state index is -4.48. The molecule has 0 bridgehead atoms. The van der Waals surface area contributed by atoms with Gasteiger partial charge in [0.15, 0.2) is 0 Å². The lowest BCUT2D eigenvalue weighted by molar-refractivity contribution is -0.137. The summed E-state index contributed by atoms with van der Waals surface area (Å²) < 4.78 is 69.7. The van der Waals surface area contributed by atoms with Crippen LogP contribution < -0.4 is 5.32 Å². The fourth-order valence-corrected chi connectivity index (χ4v) is 4.39. The number of rotatable bonds is 2. The van der Waals surface area contributed by atoms with Gasteiger partial charge in [0.1, 0.15) is 5.72 Å². The molecule has 0 atom stereocenters. The van der Waals surface area contributed by atoms with Crippen LogP contribution in [0.15, 0.2) is 29.2 Å². The van der Waals surface area contributed by atoms with Crippen LogP contribution in [0.1, 0.15) is 18.4 Å². The van der Waals surface area contributed by atoms with Gasteiger partial charge >= 0.3 is 6.18 Å². The molecule has 0 amide bonds. The lowest BCUT2D eigenvalue weighted by Gasteiger charge is -2.37. The summed E-state index contributed by atoms with van der Waals surface area (Å²) in [6, 6.07) is 3.60. The van der Waals surface area contributed by atoms with Crippen LogP contribution in [-0.4, -0.2) is 44.7 Å². The summed E-state index contributed by atoms with van der Waals surface area (Å²) in [5.41, 5.74) is -1.32. The van der Waals surface area contributed by atoms with E-state index in [4.69, 9.17) is 4.74 Å². The fraction of sp³-hybridized carbons (Fsp3) is 0.571. The Morgan fingerprint density at radius 3 is 2.22 bits per heavy atom. The molecule has 0 unspecified atom stereocenters. The van der Waals surface area contributed by atoms with Crippen LogP contribution in [0.4, 0.5) is 13.2 Å². The van der Waals surface area contributed by atoms with Gasteiger partial charge in [0.2, 0.25) is 10.0 Å². The number of halogens is 3. The van der Waals surface area contributed by atoms with Gasteiger partial charge in [0.05, 0.1) is 17.1 Å². The molecule has 2 aliphatic heterocycles. The summed E-state index contributed by atoms with van der Waals surface area (Å²) in [5.74, 6) is 0. The van der Waals surface area contributed by atoms with Gasteiger partial charge in [0.25, 0.3) is 0 Å². The van der Waals surface area contributed by atoms with E-state index < -0.39 is 27.5 Å². The maximum Gasteiger partial charge on any atom is 0.416 e. The molecule has 5 nitrogen and oxygen atoms in total. The molecule has 2 heterocycles. The summed E-state index contributed by atoms with van der Waals surface area (Å²) in [6.45, 7) is 1.89. The minimum Gasteiger partial charge on any atom is -0.359 e. The third kappa shape index (κ3) is 3.23. The van der Waals surface area contributed by atoms with Crippen molar-refractivity contribution in [2.75, 3.05) is 26.2 Å². The first kappa shape index (κ1) is 16.7. The summed E-state index contributed by atoms with van der Waals surface area (Å²) in [5, 5.41) is 3.24. The standard InChI is InChI=1S/C14H17F3N2O3S/c15-14(16,17)11-1-3-12(4-2-11)23(20,21)19-8-5-13(6-9-19)18-7-10-22-13/h1-4,18H,5-10H2. The van der Waals surface area contributed by atoms with Crippen molar-refractivity contribution in [1.29, 1.82) is 0 Å². The van der Waals surface area contributed by atoms with Gasteiger partial charge in [-0.15, -0.1) is 0 Å². The number of nitrogens with one attached hydrogen (secondary N) is 1. The van der Waals surface area contributed by atoms with Crippen molar-refractivity contribution in [2.24, 2.45) is 0 Å². The van der Waals surface area contributed by atoms with Crippen LogP contribution in [-0.2, 0) is 20.9 Å². The van der Waals surface area contributed by atoms with E-state index in [0.29, 0.717) is 19.4 Å². The number of nitrogens with zero attached hydrogens (tertiary/aromatic N) is 1. The highest BCUT2D eigenvalue weighted by Gasteiger charge is 2.41. The highest BCUT2D eigenvalue weighted by molar-refractivity contribution is 7.89. The molecular formula is C14H17F3N2O3S. The SMILES string of the molecule is O=S(=O)(c1ccc(C(F)(F)F)cc1)N1CCC2(CC1)NCCO2. The van der Waals surface area contributed by atoms with E-state index in [0.717, 1.165) is 30.8 Å². The van der Waals surface area contributed by atoms with Crippen molar-refractivity contribution in [3.63, 3.8) is 0 Å². The van der Waals surface area contributed by atoms with Gasteiger partial charge in [0, 0.05) is 32.5 Å². The first-order chi connectivity index (χ1) is 10.7. The predicted molar refractivity (Wildman–Crippen MR) is 76.1 cm³/mol. The van der Waals surface area contributed by atoms with Gasteiger partial charge in [-0.3, -0.25) is 5.32 Å². The molecule has 2 aliphatic rings. The molecule has 23 heavy (non-hydrogen) atoms. The summed E-state index contributed by atoms with van der Waals surface area (Å²) in [6.07, 6.45) is -3.44. The highest BCUT2D eigenvalue weighted by Crippen LogP contribution is 2.32. The smallest absolute Gasteiger partial charge is 0.359 e. The molecule has 0 radical (unpaired) electrons. The molecule has 2 fully saturated rings. The van der Waals surface area contributed by atoms with Crippen LogP contribution in [0.3, 0.4) is 0 Å². The summed E-state index contributed by atoms with van der Waals surface area (Å²) in [7, 11) is -3.79. The number of hydrogen-bond donors (Lipinski definition) is 1. The number of hydrogen-bond acceptors (Lipinski definition) is 4. The topological polar surface area (TPSA) is 58.6 Å². The monoisotopic (exact) mass is 350 g/mol. The third-order valence-electron chi connectivity index (χ3n) is 4.28. The van der Waals surface area contributed by atoms with Crippen molar-refractivity contribution in [3.05, 3.63) is 29.8 Å². The lowest BCUT2D eigenvalue weighted by Crippen LogP contribution is -2.52. The molecule has 0 aliphatic carbocycles. The number of sulfonamides is 1. The van der Waals surface area contributed by atoms with Crippen LogP contribution in [0.2, 0.25) is 0 Å². The van der Waals surface area contributed by atoms with E-state index in [1.54, 1.807) is 0 Å². The Kier molecular flexibility index (Phi) is 4.16. The molecule has 0 aromatic heterocycles. The largest absolute Gasteiger partial charge is 0.416 e. The van der Waals surface area contributed by atoms with E-state index in [9.17, 15) is 21.6 Å². The maximum atomic E-state index is 12.6. The Balaban J connectivity index is 1.74. The Labute approximate surface area is 132 Å². The van der Waals surface area contributed by atoms with Crippen molar-refractivity contribution in [3.8, 4) is 0 Å². The second-order valence-corrected chi connectivity index (χ2v) is 7.63. The fourth-order valence-electron chi connectivity index (χ4n) is 2.95. The quantitative estimate of drug-likeness (QED) is 0.884. The Hall–Kier alpha value is -1.16. The van der Waals surface area contributed by atoms with Crippen molar-refractivity contribution < 1.29 is 26.3 Å². The normalized spacial score (nSPS) is 22.6. The van der Waals surface area contributed by atoms with E-state index >= 15 is 0 Å². The molecule has 2 saturated heterocycles. The molecule has 9 heteroatoms. The van der Waals surface area contributed by atoms with E-state index in [-0.39, 0.29) is 18.0 Å². The highest BCUT2D eigenvalue weighted by atomic mass is 32.2.